The average molecular weight is 237 g/mol. The Labute approximate surface area is 99.3 Å². The van der Waals surface area contributed by atoms with E-state index in [1.165, 1.54) is 0 Å². The largest absolute Gasteiger partial charge is 0.337 e. The molecule has 0 aliphatic rings. The van der Waals surface area contributed by atoms with Gasteiger partial charge < -0.3 is 5.32 Å². The van der Waals surface area contributed by atoms with Crippen LogP contribution in [0.4, 0.5) is 11.5 Å². The van der Waals surface area contributed by atoms with Crippen molar-refractivity contribution in [2.45, 2.75) is 13.3 Å². The van der Waals surface area contributed by atoms with Crippen LogP contribution in [0.25, 0.3) is 0 Å². The topological polar surface area (TPSA) is 42.7 Å². The number of aromatic nitrogens is 3. The maximum Gasteiger partial charge on any atom is 0.130 e. The number of pyridine rings is 1. The number of halogens is 1. The summed E-state index contributed by atoms with van der Waals surface area (Å²) in [5.74, 6) is 0.770. The Kier molecular flexibility index (Phi) is 3.10. The lowest BCUT2D eigenvalue weighted by Crippen LogP contribution is -1.94. The fourth-order valence-electron chi connectivity index (χ4n) is 1.49. The van der Waals surface area contributed by atoms with Crippen LogP contribution in [0, 0.1) is 0 Å². The molecular weight excluding hydrogens is 224 g/mol. The third kappa shape index (κ3) is 2.33. The third-order valence-corrected chi connectivity index (χ3v) is 2.45. The van der Waals surface area contributed by atoms with Crippen LogP contribution in [0.1, 0.15) is 12.6 Å². The van der Waals surface area contributed by atoms with Gasteiger partial charge in [0.1, 0.15) is 5.82 Å². The van der Waals surface area contributed by atoms with E-state index in [9.17, 15) is 0 Å². The Hall–Kier alpha value is -1.55. The second-order valence-corrected chi connectivity index (χ2v) is 3.94. The van der Waals surface area contributed by atoms with Gasteiger partial charge in [0.05, 0.1) is 16.4 Å². The van der Waals surface area contributed by atoms with Gasteiger partial charge in [-0.05, 0) is 18.6 Å². The molecule has 0 fully saturated rings. The van der Waals surface area contributed by atoms with Gasteiger partial charge in [-0.2, -0.15) is 5.10 Å². The van der Waals surface area contributed by atoms with E-state index in [4.69, 9.17) is 11.6 Å². The highest BCUT2D eigenvalue weighted by atomic mass is 35.5. The minimum absolute atomic E-state index is 0.632. The average Bonchev–Trinajstić information content (AvgIpc) is 2.62. The number of nitrogens with zero attached hydrogens (tertiary/aromatic N) is 3. The zero-order valence-corrected chi connectivity index (χ0v) is 9.99. The highest BCUT2D eigenvalue weighted by Gasteiger charge is 2.06. The van der Waals surface area contributed by atoms with E-state index in [1.807, 2.05) is 19.3 Å². The molecule has 0 spiro atoms. The SMILES string of the molecule is CCc1nn(C)cc1Nc1ccc(Cl)cn1. The Morgan fingerprint density at radius 1 is 1.44 bits per heavy atom. The molecule has 0 amide bonds. The van der Waals surface area contributed by atoms with Gasteiger partial charge in [-0.3, -0.25) is 4.68 Å². The summed E-state index contributed by atoms with van der Waals surface area (Å²) in [6.07, 6.45) is 4.44. The summed E-state index contributed by atoms with van der Waals surface area (Å²) in [6.45, 7) is 2.07. The van der Waals surface area contributed by atoms with Gasteiger partial charge in [0.2, 0.25) is 0 Å². The normalized spacial score (nSPS) is 10.4. The van der Waals surface area contributed by atoms with Crippen LogP contribution in [-0.2, 0) is 13.5 Å². The molecular formula is C11H13ClN4. The number of nitrogens with one attached hydrogen (secondary N) is 1. The first-order valence-corrected chi connectivity index (χ1v) is 5.48. The first-order chi connectivity index (χ1) is 7.69. The molecule has 1 N–H and O–H groups in total. The van der Waals surface area contributed by atoms with E-state index < -0.39 is 0 Å². The van der Waals surface area contributed by atoms with Crippen LogP contribution in [-0.4, -0.2) is 14.8 Å². The van der Waals surface area contributed by atoms with E-state index in [0.29, 0.717) is 5.02 Å². The van der Waals surface area contributed by atoms with Gasteiger partial charge in [0.25, 0.3) is 0 Å². The van der Waals surface area contributed by atoms with Crippen molar-refractivity contribution >= 4 is 23.1 Å². The summed E-state index contributed by atoms with van der Waals surface area (Å²) < 4.78 is 1.79. The predicted octanol–water partition coefficient (Wildman–Crippen LogP) is 2.77. The summed E-state index contributed by atoms with van der Waals surface area (Å²) in [5, 5.41) is 8.19. The van der Waals surface area contributed by atoms with E-state index in [-0.39, 0.29) is 0 Å². The Bertz CT molecular complexity index is 475. The fourth-order valence-corrected chi connectivity index (χ4v) is 1.60. The highest BCUT2D eigenvalue weighted by Crippen LogP contribution is 2.19. The molecule has 0 saturated heterocycles. The van der Waals surface area contributed by atoms with Crippen molar-refractivity contribution in [1.82, 2.24) is 14.8 Å². The number of aryl methyl sites for hydroxylation is 2. The van der Waals surface area contributed by atoms with Crippen LogP contribution < -0.4 is 5.32 Å². The number of hydrogen-bond donors (Lipinski definition) is 1. The number of rotatable bonds is 3. The van der Waals surface area contributed by atoms with Crippen LogP contribution in [0.2, 0.25) is 5.02 Å². The first-order valence-electron chi connectivity index (χ1n) is 5.10. The molecule has 2 rings (SSSR count). The molecule has 0 unspecified atom stereocenters. The van der Waals surface area contributed by atoms with E-state index in [1.54, 1.807) is 16.9 Å². The summed E-state index contributed by atoms with van der Waals surface area (Å²) >= 11 is 5.77. The van der Waals surface area contributed by atoms with E-state index in [0.717, 1.165) is 23.6 Å². The smallest absolute Gasteiger partial charge is 0.130 e. The lowest BCUT2D eigenvalue weighted by molar-refractivity contribution is 0.746. The van der Waals surface area contributed by atoms with Gasteiger partial charge in [0.15, 0.2) is 0 Å². The molecule has 0 bridgehead atoms. The quantitative estimate of drug-likeness (QED) is 0.891. The van der Waals surface area contributed by atoms with Gasteiger partial charge in [-0.15, -0.1) is 0 Å². The predicted molar refractivity (Wildman–Crippen MR) is 65.1 cm³/mol. The molecule has 0 saturated carbocycles. The van der Waals surface area contributed by atoms with Crippen molar-refractivity contribution in [3.63, 3.8) is 0 Å². The van der Waals surface area contributed by atoms with Gasteiger partial charge >= 0.3 is 0 Å². The maximum atomic E-state index is 5.77. The second-order valence-electron chi connectivity index (χ2n) is 3.50. The fraction of sp³-hybridized carbons (Fsp3) is 0.273. The van der Waals surface area contributed by atoms with Crippen LogP contribution in [0.15, 0.2) is 24.5 Å². The maximum absolute atomic E-state index is 5.77. The molecule has 16 heavy (non-hydrogen) atoms. The minimum Gasteiger partial charge on any atom is -0.337 e. The Morgan fingerprint density at radius 3 is 2.88 bits per heavy atom. The van der Waals surface area contributed by atoms with E-state index in [2.05, 4.69) is 22.3 Å². The second kappa shape index (κ2) is 4.53. The van der Waals surface area contributed by atoms with Crippen molar-refractivity contribution in [3.05, 3.63) is 35.2 Å². The van der Waals surface area contributed by atoms with Crippen LogP contribution in [0.5, 0.6) is 0 Å². The monoisotopic (exact) mass is 236 g/mol. The molecule has 0 aliphatic heterocycles. The Morgan fingerprint density at radius 2 is 2.25 bits per heavy atom. The zero-order valence-electron chi connectivity index (χ0n) is 9.24. The summed E-state index contributed by atoms with van der Waals surface area (Å²) in [4.78, 5) is 4.18. The number of anilines is 2. The van der Waals surface area contributed by atoms with Crippen molar-refractivity contribution in [1.29, 1.82) is 0 Å². The molecule has 4 nitrogen and oxygen atoms in total. The Balaban J connectivity index is 2.22. The van der Waals surface area contributed by atoms with Gasteiger partial charge in [-0.25, -0.2) is 4.98 Å². The molecule has 2 heterocycles. The summed E-state index contributed by atoms with van der Waals surface area (Å²) in [6, 6.07) is 3.65. The molecule has 2 aromatic heterocycles. The van der Waals surface area contributed by atoms with E-state index >= 15 is 0 Å². The minimum atomic E-state index is 0.632. The molecule has 2 aromatic rings. The first kappa shape index (κ1) is 11.0. The molecule has 0 aliphatic carbocycles. The van der Waals surface area contributed by atoms with Crippen molar-refractivity contribution in [3.8, 4) is 0 Å². The molecule has 0 radical (unpaired) electrons. The lowest BCUT2D eigenvalue weighted by atomic mass is 10.3. The molecule has 0 aromatic carbocycles. The third-order valence-electron chi connectivity index (χ3n) is 2.23. The van der Waals surface area contributed by atoms with Crippen molar-refractivity contribution < 1.29 is 0 Å². The van der Waals surface area contributed by atoms with Gasteiger partial charge in [0, 0.05) is 19.4 Å². The van der Waals surface area contributed by atoms with Crippen LogP contribution in [0.3, 0.4) is 0 Å². The highest BCUT2D eigenvalue weighted by molar-refractivity contribution is 6.30. The van der Waals surface area contributed by atoms with Gasteiger partial charge in [-0.1, -0.05) is 18.5 Å². The number of hydrogen-bond acceptors (Lipinski definition) is 3. The zero-order chi connectivity index (χ0) is 11.5. The molecule has 84 valence electrons. The lowest BCUT2D eigenvalue weighted by Gasteiger charge is -2.03. The standard InChI is InChI=1S/C11H13ClN4/c1-3-9-10(7-16(2)15-9)14-11-5-4-8(12)6-13-11/h4-7H,3H2,1-2H3,(H,13,14). The van der Waals surface area contributed by atoms with Crippen molar-refractivity contribution in [2.75, 3.05) is 5.32 Å². The van der Waals surface area contributed by atoms with Crippen molar-refractivity contribution in [2.24, 2.45) is 7.05 Å². The molecule has 5 heteroatoms. The summed E-state index contributed by atoms with van der Waals surface area (Å²) in [7, 11) is 1.90. The molecule has 0 atom stereocenters. The summed E-state index contributed by atoms with van der Waals surface area (Å²) in [5.41, 5.74) is 2.01. The van der Waals surface area contributed by atoms with Crippen LogP contribution >= 0.6 is 11.6 Å².